The zero-order valence-electron chi connectivity index (χ0n) is 15.7. The first-order valence-corrected chi connectivity index (χ1v) is 10.4. The van der Waals surface area contributed by atoms with E-state index in [0.29, 0.717) is 18.3 Å². The molecule has 8 atom stereocenters. The molecule has 5 aliphatic rings. The molecule has 0 spiro atoms. The first-order chi connectivity index (χ1) is 12.1. The molecule has 0 aromatic rings. The van der Waals surface area contributed by atoms with Crippen LogP contribution in [0, 0.1) is 40.4 Å². The van der Waals surface area contributed by atoms with E-state index in [1.165, 1.54) is 6.92 Å². The molecule has 0 aromatic heterocycles. The number of Topliss-reactive ketones (excluding diaryl/α,β-unsaturated/α-hetero) is 1. The van der Waals surface area contributed by atoms with Crippen molar-refractivity contribution in [3.63, 3.8) is 0 Å². The molecule has 26 heavy (non-hydrogen) atoms. The van der Waals surface area contributed by atoms with E-state index < -0.39 is 5.60 Å². The van der Waals surface area contributed by atoms with Gasteiger partial charge in [0.25, 0.3) is 0 Å². The summed E-state index contributed by atoms with van der Waals surface area (Å²) in [6.45, 7) is 5.97. The summed E-state index contributed by atoms with van der Waals surface area (Å²) in [6.07, 6.45) is 8.25. The minimum absolute atomic E-state index is 0.0344. The number of allylic oxidation sites excluding steroid dienone is 4. The largest absolute Gasteiger partial charge is 0.382 e. The summed E-state index contributed by atoms with van der Waals surface area (Å²) >= 11 is 6.73. The summed E-state index contributed by atoms with van der Waals surface area (Å²) in [4.78, 5) is 24.6. The number of ketones is 2. The average Bonchev–Trinajstić information content (AvgIpc) is 3.33. The molecule has 4 heteroatoms. The van der Waals surface area contributed by atoms with Gasteiger partial charge in [-0.05, 0) is 74.3 Å². The molecule has 5 rings (SSSR count). The van der Waals surface area contributed by atoms with Crippen LogP contribution in [0.3, 0.4) is 0 Å². The lowest BCUT2D eigenvalue weighted by atomic mass is 9.47. The van der Waals surface area contributed by atoms with E-state index in [1.54, 1.807) is 0 Å². The topological polar surface area (TPSA) is 54.4 Å². The molecule has 3 saturated carbocycles. The van der Waals surface area contributed by atoms with E-state index in [1.807, 2.05) is 6.08 Å². The zero-order chi connectivity index (χ0) is 18.6. The standard InChI is InChI=1S/C22H27ClO3/c1-11(24)22(26)7-5-14-12-9-18(23)17-10-19(25)13-8-16(13)21(17,3)15(12)4-6-20(14,22)2/h9-10,12-16,26H,4-8H2,1-3H3/t12-,13+,14+,15+,16-,20-,21-,22-/m0/s1. The molecule has 0 heterocycles. The SMILES string of the molecule is CC(=O)[C@@]1(O)CC[C@@H]2[C@@H]3C=C(Cl)C4=CC(=O)[C@@H]5C[C@@H]5[C@]4(C)[C@@H]3CC[C@@]21C. The Hall–Kier alpha value is -0.930. The molecule has 5 aliphatic carbocycles. The van der Waals surface area contributed by atoms with Gasteiger partial charge in [0.2, 0.25) is 0 Å². The van der Waals surface area contributed by atoms with Gasteiger partial charge in [-0.1, -0.05) is 31.5 Å². The predicted octanol–water partition coefficient (Wildman–Crippen LogP) is 4.04. The highest BCUT2D eigenvalue weighted by atomic mass is 35.5. The minimum atomic E-state index is -1.20. The third-order valence-electron chi connectivity index (χ3n) is 9.23. The number of rotatable bonds is 1. The van der Waals surface area contributed by atoms with Gasteiger partial charge in [-0.15, -0.1) is 0 Å². The zero-order valence-corrected chi connectivity index (χ0v) is 16.5. The highest BCUT2D eigenvalue weighted by molar-refractivity contribution is 6.32. The highest BCUT2D eigenvalue weighted by Gasteiger charge is 2.69. The van der Waals surface area contributed by atoms with Crippen molar-refractivity contribution in [1.82, 2.24) is 0 Å². The van der Waals surface area contributed by atoms with Crippen LogP contribution in [0.25, 0.3) is 0 Å². The van der Waals surface area contributed by atoms with Crippen molar-refractivity contribution in [3.8, 4) is 0 Å². The van der Waals surface area contributed by atoms with E-state index >= 15 is 0 Å². The average molecular weight is 375 g/mol. The summed E-state index contributed by atoms with van der Waals surface area (Å²) in [5, 5.41) is 11.9. The molecule has 1 N–H and O–H groups in total. The second kappa shape index (κ2) is 4.91. The van der Waals surface area contributed by atoms with Crippen LogP contribution < -0.4 is 0 Å². The predicted molar refractivity (Wildman–Crippen MR) is 99.4 cm³/mol. The van der Waals surface area contributed by atoms with Crippen molar-refractivity contribution in [2.75, 3.05) is 0 Å². The van der Waals surface area contributed by atoms with Crippen LogP contribution >= 0.6 is 11.6 Å². The Labute approximate surface area is 159 Å². The fourth-order valence-electron chi connectivity index (χ4n) is 7.56. The Morgan fingerprint density at radius 1 is 1.19 bits per heavy atom. The molecule has 0 saturated heterocycles. The molecular formula is C22H27ClO3. The van der Waals surface area contributed by atoms with Crippen molar-refractivity contribution < 1.29 is 14.7 Å². The Balaban J connectivity index is 1.62. The maximum absolute atomic E-state index is 12.3. The van der Waals surface area contributed by atoms with Gasteiger partial charge in [0.15, 0.2) is 11.6 Å². The van der Waals surface area contributed by atoms with Crippen molar-refractivity contribution in [3.05, 3.63) is 22.8 Å². The quantitative estimate of drug-likeness (QED) is 0.753. The van der Waals surface area contributed by atoms with Crippen LogP contribution in [0.15, 0.2) is 22.8 Å². The van der Waals surface area contributed by atoms with Crippen LogP contribution in [-0.4, -0.2) is 22.3 Å². The van der Waals surface area contributed by atoms with Crippen molar-refractivity contribution in [2.24, 2.45) is 40.4 Å². The number of halogens is 1. The lowest BCUT2D eigenvalue weighted by Gasteiger charge is -2.57. The molecule has 0 bridgehead atoms. The Morgan fingerprint density at radius 2 is 1.88 bits per heavy atom. The summed E-state index contributed by atoms with van der Waals surface area (Å²) in [7, 11) is 0. The monoisotopic (exact) mass is 374 g/mol. The lowest BCUT2D eigenvalue weighted by molar-refractivity contribution is -0.157. The minimum Gasteiger partial charge on any atom is -0.382 e. The molecule has 3 fully saturated rings. The lowest BCUT2D eigenvalue weighted by Crippen LogP contribution is -2.56. The van der Waals surface area contributed by atoms with Crippen LogP contribution in [0.1, 0.15) is 52.9 Å². The molecule has 140 valence electrons. The van der Waals surface area contributed by atoms with Crippen LogP contribution in [0.5, 0.6) is 0 Å². The van der Waals surface area contributed by atoms with E-state index in [4.69, 9.17) is 11.6 Å². The maximum atomic E-state index is 12.3. The summed E-state index contributed by atoms with van der Waals surface area (Å²) in [5.41, 5.74) is -0.566. The normalized spacial score (nSPS) is 54.3. The van der Waals surface area contributed by atoms with E-state index in [-0.39, 0.29) is 40.2 Å². The number of carbonyl (C=O) groups is 2. The maximum Gasteiger partial charge on any atom is 0.161 e. The van der Waals surface area contributed by atoms with Crippen LogP contribution in [0.2, 0.25) is 0 Å². The molecular weight excluding hydrogens is 348 g/mol. The first-order valence-electron chi connectivity index (χ1n) is 10.0. The van der Waals surface area contributed by atoms with E-state index in [9.17, 15) is 14.7 Å². The molecule has 0 amide bonds. The molecule has 0 aromatic carbocycles. The fourth-order valence-corrected chi connectivity index (χ4v) is 7.96. The van der Waals surface area contributed by atoms with Gasteiger partial charge in [0, 0.05) is 21.8 Å². The second-order valence-corrected chi connectivity index (χ2v) is 10.3. The first kappa shape index (κ1) is 17.2. The van der Waals surface area contributed by atoms with Gasteiger partial charge in [-0.3, -0.25) is 9.59 Å². The summed E-state index contributed by atoms with van der Waals surface area (Å²) < 4.78 is 0. The van der Waals surface area contributed by atoms with Gasteiger partial charge >= 0.3 is 0 Å². The fraction of sp³-hybridized carbons (Fsp3) is 0.727. The summed E-state index contributed by atoms with van der Waals surface area (Å²) in [6, 6.07) is 0. The van der Waals surface area contributed by atoms with Gasteiger partial charge in [-0.25, -0.2) is 0 Å². The van der Waals surface area contributed by atoms with Crippen LogP contribution in [-0.2, 0) is 9.59 Å². The Morgan fingerprint density at radius 3 is 2.58 bits per heavy atom. The number of carbonyl (C=O) groups excluding carboxylic acids is 2. The van der Waals surface area contributed by atoms with E-state index in [2.05, 4.69) is 19.9 Å². The Kier molecular flexibility index (Phi) is 3.25. The molecule has 0 radical (unpaired) electrons. The number of aliphatic hydroxyl groups is 1. The van der Waals surface area contributed by atoms with Gasteiger partial charge in [0.05, 0.1) is 0 Å². The number of fused-ring (bicyclic) bond motifs is 7. The third-order valence-corrected chi connectivity index (χ3v) is 9.56. The molecule has 0 aliphatic heterocycles. The second-order valence-electron chi connectivity index (χ2n) is 9.91. The number of hydrogen-bond donors (Lipinski definition) is 1. The third kappa shape index (κ3) is 1.75. The van der Waals surface area contributed by atoms with Crippen molar-refractivity contribution in [1.29, 1.82) is 0 Å². The van der Waals surface area contributed by atoms with Crippen molar-refractivity contribution in [2.45, 2.75) is 58.5 Å². The smallest absolute Gasteiger partial charge is 0.161 e. The summed E-state index contributed by atoms with van der Waals surface area (Å²) in [5.74, 6) is 1.78. The molecule has 0 unspecified atom stereocenters. The van der Waals surface area contributed by atoms with Gasteiger partial charge in [0.1, 0.15) is 5.60 Å². The van der Waals surface area contributed by atoms with Crippen LogP contribution in [0.4, 0.5) is 0 Å². The van der Waals surface area contributed by atoms with Gasteiger partial charge < -0.3 is 5.11 Å². The Bertz CT molecular complexity index is 797. The number of hydrogen-bond acceptors (Lipinski definition) is 3. The van der Waals surface area contributed by atoms with Crippen molar-refractivity contribution >= 4 is 23.2 Å². The van der Waals surface area contributed by atoms with Gasteiger partial charge in [-0.2, -0.15) is 0 Å². The highest BCUT2D eigenvalue weighted by Crippen LogP contribution is 2.72. The van der Waals surface area contributed by atoms with E-state index in [0.717, 1.165) is 36.3 Å². The molecule has 3 nitrogen and oxygen atoms in total.